The number of carbonyl (C=O) groups is 2. The van der Waals surface area contributed by atoms with E-state index in [-0.39, 0.29) is 5.78 Å². The van der Waals surface area contributed by atoms with Crippen LogP contribution in [0.25, 0.3) is 11.4 Å². The molecule has 27 heavy (non-hydrogen) atoms. The van der Waals surface area contributed by atoms with Gasteiger partial charge in [0.15, 0.2) is 11.6 Å². The van der Waals surface area contributed by atoms with Gasteiger partial charge in [-0.05, 0) is 26.3 Å². The third-order valence-electron chi connectivity index (χ3n) is 4.24. The molecule has 7 nitrogen and oxygen atoms in total. The van der Waals surface area contributed by atoms with Crippen LogP contribution in [0.1, 0.15) is 39.0 Å². The summed E-state index contributed by atoms with van der Waals surface area (Å²) in [5, 5.41) is 7.14. The van der Waals surface area contributed by atoms with Gasteiger partial charge in [-0.25, -0.2) is 9.78 Å². The molecule has 0 aliphatic carbocycles. The molecule has 2 N–H and O–H groups in total. The molecule has 8 heteroatoms. The molecule has 2 heterocycles. The predicted molar refractivity (Wildman–Crippen MR) is 103 cm³/mol. The topological polar surface area (TPSA) is 101 Å². The fourth-order valence-electron chi connectivity index (χ4n) is 2.84. The van der Waals surface area contributed by atoms with Gasteiger partial charge in [0, 0.05) is 11.3 Å². The number of Topliss-reactive ketones (excluding diaryl/α,β-unsaturated/α-hetero) is 1. The normalized spacial score (nSPS) is 12.0. The average molecular weight is 384 g/mol. The van der Waals surface area contributed by atoms with Gasteiger partial charge in [-0.2, -0.15) is 0 Å². The number of aryl methyl sites for hydroxylation is 1. The monoisotopic (exact) mass is 384 g/mol. The van der Waals surface area contributed by atoms with E-state index in [9.17, 15) is 9.59 Å². The van der Waals surface area contributed by atoms with Crippen molar-refractivity contribution in [1.82, 2.24) is 20.2 Å². The molecule has 3 aromatic rings. The molecule has 3 rings (SSSR count). The maximum absolute atomic E-state index is 12.9. The molecular weight excluding hydrogens is 364 g/mol. The third-order valence-corrected chi connectivity index (χ3v) is 5.20. The van der Waals surface area contributed by atoms with Crippen molar-refractivity contribution in [3.8, 4) is 11.4 Å². The zero-order valence-electron chi connectivity index (χ0n) is 15.5. The van der Waals surface area contributed by atoms with Crippen LogP contribution in [0.4, 0.5) is 0 Å². The van der Waals surface area contributed by atoms with Gasteiger partial charge < -0.3 is 9.72 Å². The Morgan fingerprint density at radius 3 is 2.56 bits per heavy atom. The summed E-state index contributed by atoms with van der Waals surface area (Å²) in [6, 6.07) is 9.64. The third kappa shape index (κ3) is 3.80. The lowest BCUT2D eigenvalue weighted by atomic mass is 10.1. The molecule has 0 unspecified atom stereocenters. The minimum Gasteiger partial charge on any atom is -0.465 e. The zero-order chi connectivity index (χ0) is 19.6. The van der Waals surface area contributed by atoms with Crippen molar-refractivity contribution >= 4 is 23.5 Å². The smallest absolute Gasteiger partial charge is 0.339 e. The highest BCUT2D eigenvalue weighted by Crippen LogP contribution is 2.27. The van der Waals surface area contributed by atoms with Gasteiger partial charge in [0.05, 0.1) is 23.6 Å². The van der Waals surface area contributed by atoms with E-state index in [0.717, 1.165) is 5.56 Å². The second-order valence-corrected chi connectivity index (χ2v) is 7.38. The fourth-order valence-corrected chi connectivity index (χ4v) is 3.63. The number of rotatable bonds is 6. The minimum atomic E-state index is -0.456. The first-order chi connectivity index (χ1) is 12.9. The molecule has 2 aromatic heterocycles. The summed E-state index contributed by atoms with van der Waals surface area (Å²) < 4.78 is 4.79. The van der Waals surface area contributed by atoms with Crippen LogP contribution in [0.15, 0.2) is 35.5 Å². The Morgan fingerprint density at radius 2 is 1.89 bits per heavy atom. The van der Waals surface area contributed by atoms with Crippen LogP contribution < -0.4 is 0 Å². The van der Waals surface area contributed by atoms with Crippen molar-refractivity contribution in [2.45, 2.75) is 31.2 Å². The van der Waals surface area contributed by atoms with Crippen LogP contribution in [0.5, 0.6) is 0 Å². The number of H-pyrrole nitrogens is 2. The summed E-state index contributed by atoms with van der Waals surface area (Å²) in [6.07, 6.45) is 0. The van der Waals surface area contributed by atoms with E-state index in [1.165, 1.54) is 18.9 Å². The number of aromatic amines is 2. The molecule has 0 aliphatic heterocycles. The van der Waals surface area contributed by atoms with Crippen molar-refractivity contribution in [2.75, 3.05) is 7.11 Å². The highest BCUT2D eigenvalue weighted by Gasteiger charge is 2.26. The standard InChI is InChI=1S/C19H20N4O3S/c1-10-14(18(25)26-4)11(2)20-15(10)16(24)12(3)27-19-21-17(22-23-19)13-8-6-5-7-9-13/h5-9,12,20H,1-4H3,(H,21,22,23)/t12-/m0/s1. The van der Waals surface area contributed by atoms with Crippen molar-refractivity contribution in [1.29, 1.82) is 0 Å². The minimum absolute atomic E-state index is 0.123. The number of benzene rings is 1. The van der Waals surface area contributed by atoms with E-state index in [4.69, 9.17) is 4.74 Å². The van der Waals surface area contributed by atoms with E-state index >= 15 is 0 Å². The van der Waals surface area contributed by atoms with Crippen molar-refractivity contribution in [2.24, 2.45) is 0 Å². The SMILES string of the molecule is COC(=O)c1c(C)[nH]c(C(=O)[C@H](C)Sc2n[nH]c(-c3ccccc3)n2)c1C. The second kappa shape index (κ2) is 7.79. The molecule has 1 aromatic carbocycles. The highest BCUT2D eigenvalue weighted by atomic mass is 32.2. The molecule has 0 spiro atoms. The Kier molecular flexibility index (Phi) is 5.46. The van der Waals surface area contributed by atoms with Crippen LogP contribution in [-0.4, -0.2) is 44.3 Å². The van der Waals surface area contributed by atoms with E-state index in [2.05, 4.69) is 20.2 Å². The first kappa shape index (κ1) is 18.9. The number of aromatic nitrogens is 4. The van der Waals surface area contributed by atoms with Gasteiger partial charge in [-0.1, -0.05) is 42.1 Å². The summed E-state index contributed by atoms with van der Waals surface area (Å²) >= 11 is 1.26. The van der Waals surface area contributed by atoms with Crippen LogP contribution in [0, 0.1) is 13.8 Å². The number of nitrogens with one attached hydrogen (secondary N) is 2. The van der Waals surface area contributed by atoms with E-state index in [1.54, 1.807) is 20.8 Å². The number of ether oxygens (including phenoxy) is 1. The van der Waals surface area contributed by atoms with Gasteiger partial charge in [-0.3, -0.25) is 9.89 Å². The van der Waals surface area contributed by atoms with Crippen molar-refractivity contribution in [3.05, 3.63) is 52.8 Å². The summed E-state index contributed by atoms with van der Waals surface area (Å²) in [6.45, 7) is 5.27. The Labute approximate surface area is 160 Å². The number of nitrogens with zero attached hydrogens (tertiary/aromatic N) is 2. The molecule has 0 amide bonds. The summed E-state index contributed by atoms with van der Waals surface area (Å²) in [4.78, 5) is 32.2. The van der Waals surface area contributed by atoms with Crippen molar-refractivity contribution in [3.63, 3.8) is 0 Å². The molecule has 140 valence electrons. The summed E-state index contributed by atoms with van der Waals surface area (Å²) in [5.74, 6) is 0.0708. The van der Waals surface area contributed by atoms with Crippen LogP contribution in [-0.2, 0) is 4.74 Å². The van der Waals surface area contributed by atoms with E-state index < -0.39 is 11.2 Å². The van der Waals surface area contributed by atoms with Crippen LogP contribution in [0.3, 0.4) is 0 Å². The summed E-state index contributed by atoms with van der Waals surface area (Å²) in [7, 11) is 1.32. The number of hydrogen-bond acceptors (Lipinski definition) is 6. The number of ketones is 1. The number of hydrogen-bond donors (Lipinski definition) is 2. The molecule has 0 saturated heterocycles. The Bertz CT molecular complexity index is 978. The first-order valence-corrected chi connectivity index (χ1v) is 9.26. The van der Waals surface area contributed by atoms with Gasteiger partial charge in [0.25, 0.3) is 0 Å². The van der Waals surface area contributed by atoms with E-state index in [1.807, 2.05) is 30.3 Å². The maximum Gasteiger partial charge on any atom is 0.339 e. The van der Waals surface area contributed by atoms with Crippen LogP contribution in [0.2, 0.25) is 0 Å². The van der Waals surface area contributed by atoms with Crippen molar-refractivity contribution < 1.29 is 14.3 Å². The molecule has 0 fully saturated rings. The zero-order valence-corrected chi connectivity index (χ0v) is 16.3. The molecule has 0 bridgehead atoms. The quantitative estimate of drug-likeness (QED) is 0.383. The highest BCUT2D eigenvalue weighted by molar-refractivity contribution is 8.00. The lowest BCUT2D eigenvalue weighted by Crippen LogP contribution is -2.15. The molecule has 1 atom stereocenters. The van der Waals surface area contributed by atoms with Gasteiger partial charge in [0.2, 0.25) is 5.16 Å². The molecule has 0 saturated carbocycles. The molecule has 0 aliphatic rings. The second-order valence-electron chi connectivity index (χ2n) is 6.07. The summed E-state index contributed by atoms with van der Waals surface area (Å²) in [5.41, 5.74) is 2.95. The number of methoxy groups -OCH3 is 1. The largest absolute Gasteiger partial charge is 0.465 e. The molecule has 0 radical (unpaired) electrons. The van der Waals surface area contributed by atoms with Crippen LogP contribution >= 0.6 is 11.8 Å². The lowest BCUT2D eigenvalue weighted by molar-refractivity contribution is 0.0599. The van der Waals surface area contributed by atoms with Gasteiger partial charge in [-0.15, -0.1) is 5.10 Å². The van der Waals surface area contributed by atoms with E-state index in [0.29, 0.717) is 33.5 Å². The first-order valence-electron chi connectivity index (χ1n) is 8.38. The fraction of sp³-hybridized carbons (Fsp3) is 0.263. The van der Waals surface area contributed by atoms with Gasteiger partial charge >= 0.3 is 5.97 Å². The Morgan fingerprint density at radius 1 is 1.19 bits per heavy atom. The maximum atomic E-state index is 12.9. The average Bonchev–Trinajstić information content (AvgIpc) is 3.25. The predicted octanol–water partition coefficient (Wildman–Crippen LogP) is 3.57. The molecular formula is C19H20N4O3S. The number of thioether (sulfide) groups is 1. The lowest BCUT2D eigenvalue weighted by Gasteiger charge is -2.07. The van der Waals surface area contributed by atoms with Gasteiger partial charge in [0.1, 0.15) is 0 Å². The number of carbonyl (C=O) groups excluding carboxylic acids is 2. The Balaban J connectivity index is 1.77. The Hall–Kier alpha value is -2.87. The number of esters is 1.